The van der Waals surface area contributed by atoms with Crippen molar-refractivity contribution < 1.29 is 18.7 Å². The van der Waals surface area contributed by atoms with Crippen molar-refractivity contribution in [2.24, 2.45) is 0 Å². The molecule has 0 aliphatic rings. The van der Waals surface area contributed by atoms with E-state index < -0.39 is 13.2 Å². The van der Waals surface area contributed by atoms with E-state index in [4.69, 9.17) is 9.05 Å². The monoisotopic (exact) mass is 300 g/mol. The average Bonchev–Trinajstić information content (AvgIpc) is 2.37. The Morgan fingerprint density at radius 2 is 1.70 bits per heavy atom. The van der Waals surface area contributed by atoms with E-state index in [0.29, 0.717) is 19.6 Å². The highest BCUT2D eigenvalue weighted by Gasteiger charge is 2.34. The van der Waals surface area contributed by atoms with Crippen LogP contribution in [0.4, 0.5) is 0 Å². The molecule has 1 unspecified atom stereocenters. The molecule has 0 bridgehead atoms. The topological polar surface area (TPSA) is 55.8 Å². The van der Waals surface area contributed by atoms with Gasteiger partial charge in [0.2, 0.25) is 0 Å². The lowest BCUT2D eigenvalue weighted by atomic mass is 9.99. The molecule has 0 saturated carbocycles. The van der Waals surface area contributed by atoms with E-state index in [1.807, 2.05) is 30.3 Å². The Labute approximate surface area is 121 Å². The maximum Gasteiger partial charge on any atom is 0.333 e. The fourth-order valence-electron chi connectivity index (χ4n) is 2.08. The highest BCUT2D eigenvalue weighted by molar-refractivity contribution is 7.53. The Morgan fingerprint density at radius 1 is 1.15 bits per heavy atom. The number of hydrogen-bond donors (Lipinski definition) is 1. The van der Waals surface area contributed by atoms with Crippen molar-refractivity contribution in [2.45, 2.75) is 39.2 Å². The minimum Gasteiger partial charge on any atom is -0.390 e. The highest BCUT2D eigenvalue weighted by Crippen LogP contribution is 2.50. The third-order valence-electron chi connectivity index (χ3n) is 2.98. The summed E-state index contributed by atoms with van der Waals surface area (Å²) < 4.78 is 22.9. The van der Waals surface area contributed by atoms with Gasteiger partial charge in [-0.05, 0) is 39.2 Å². The van der Waals surface area contributed by atoms with Crippen LogP contribution in [-0.4, -0.2) is 30.1 Å². The van der Waals surface area contributed by atoms with E-state index in [0.717, 1.165) is 12.0 Å². The summed E-state index contributed by atoms with van der Waals surface area (Å²) in [5, 5.41) is 10.4. The first-order valence-electron chi connectivity index (χ1n) is 7.05. The fraction of sp³-hybridized carbons (Fsp3) is 0.600. The zero-order valence-electron chi connectivity index (χ0n) is 12.5. The Balaban J connectivity index is 2.60. The minimum absolute atomic E-state index is 0.0223. The standard InChI is InChI=1S/C15H25O4P/c1-4-18-20(17,19-5-2)13-15(3,16)12-11-14-9-7-6-8-10-14/h6-10,16H,4-5,11-13H2,1-3H3. The number of benzene rings is 1. The summed E-state index contributed by atoms with van der Waals surface area (Å²) in [7, 11) is -3.21. The largest absolute Gasteiger partial charge is 0.390 e. The van der Waals surface area contributed by atoms with E-state index in [1.54, 1.807) is 20.8 Å². The van der Waals surface area contributed by atoms with Crippen LogP contribution in [0.2, 0.25) is 0 Å². The molecule has 0 saturated heterocycles. The maximum absolute atomic E-state index is 12.4. The fourth-order valence-corrected chi connectivity index (χ4v) is 4.11. The summed E-state index contributed by atoms with van der Waals surface area (Å²) >= 11 is 0. The molecule has 1 aromatic carbocycles. The third-order valence-corrected chi connectivity index (χ3v) is 5.35. The van der Waals surface area contributed by atoms with Gasteiger partial charge < -0.3 is 14.2 Å². The van der Waals surface area contributed by atoms with Crippen LogP contribution in [0.25, 0.3) is 0 Å². The quantitative estimate of drug-likeness (QED) is 0.707. The van der Waals surface area contributed by atoms with Crippen LogP contribution >= 0.6 is 7.60 Å². The van der Waals surface area contributed by atoms with Gasteiger partial charge in [0.25, 0.3) is 0 Å². The van der Waals surface area contributed by atoms with Crippen LogP contribution in [0.5, 0.6) is 0 Å². The molecule has 0 aromatic heterocycles. The van der Waals surface area contributed by atoms with E-state index in [-0.39, 0.29) is 6.16 Å². The number of hydrogen-bond acceptors (Lipinski definition) is 4. The first-order valence-corrected chi connectivity index (χ1v) is 8.78. The molecular formula is C15H25O4P. The van der Waals surface area contributed by atoms with Gasteiger partial charge in [0.05, 0.1) is 25.0 Å². The van der Waals surface area contributed by atoms with Crippen molar-refractivity contribution in [3.05, 3.63) is 35.9 Å². The number of rotatable bonds is 9. The molecule has 1 N–H and O–H groups in total. The lowest BCUT2D eigenvalue weighted by molar-refractivity contribution is 0.0650. The molecule has 1 atom stereocenters. The number of aryl methyl sites for hydroxylation is 1. The lowest BCUT2D eigenvalue weighted by Crippen LogP contribution is -2.30. The zero-order valence-corrected chi connectivity index (χ0v) is 13.4. The molecule has 1 rings (SSSR count). The van der Waals surface area contributed by atoms with Gasteiger partial charge in [0.15, 0.2) is 0 Å². The zero-order chi connectivity index (χ0) is 15.1. The number of aliphatic hydroxyl groups is 1. The molecule has 114 valence electrons. The van der Waals surface area contributed by atoms with Crippen molar-refractivity contribution >= 4 is 7.60 Å². The molecule has 5 heteroatoms. The van der Waals surface area contributed by atoms with Crippen molar-refractivity contribution in [3.8, 4) is 0 Å². The molecule has 0 spiro atoms. The van der Waals surface area contributed by atoms with Gasteiger partial charge in [0.1, 0.15) is 0 Å². The molecular weight excluding hydrogens is 275 g/mol. The second kappa shape index (κ2) is 7.94. The van der Waals surface area contributed by atoms with Crippen molar-refractivity contribution in [1.82, 2.24) is 0 Å². The highest BCUT2D eigenvalue weighted by atomic mass is 31.2. The summed E-state index contributed by atoms with van der Waals surface area (Å²) in [4.78, 5) is 0. The van der Waals surface area contributed by atoms with Crippen LogP contribution in [0.1, 0.15) is 32.8 Å². The maximum atomic E-state index is 12.4. The van der Waals surface area contributed by atoms with E-state index >= 15 is 0 Å². The predicted molar refractivity (Wildman–Crippen MR) is 81.1 cm³/mol. The molecule has 0 aliphatic carbocycles. The first kappa shape index (κ1) is 17.4. The molecule has 0 heterocycles. The average molecular weight is 300 g/mol. The predicted octanol–water partition coefficient (Wildman–Crippen LogP) is 3.64. The molecule has 20 heavy (non-hydrogen) atoms. The smallest absolute Gasteiger partial charge is 0.333 e. The molecule has 0 fully saturated rings. The van der Waals surface area contributed by atoms with Gasteiger partial charge >= 0.3 is 7.60 Å². The molecule has 1 aromatic rings. The summed E-state index contributed by atoms with van der Waals surface area (Å²) in [5.41, 5.74) is 0.0748. The Hall–Kier alpha value is -0.670. The summed E-state index contributed by atoms with van der Waals surface area (Å²) in [6.45, 7) is 5.84. The lowest BCUT2D eigenvalue weighted by Gasteiger charge is -2.27. The summed E-state index contributed by atoms with van der Waals surface area (Å²) in [5.74, 6) is 0. The summed E-state index contributed by atoms with van der Waals surface area (Å²) in [6.07, 6.45) is 1.27. The van der Waals surface area contributed by atoms with Crippen molar-refractivity contribution in [2.75, 3.05) is 19.4 Å². The first-order chi connectivity index (χ1) is 9.41. The SMILES string of the molecule is CCOP(=O)(CC(C)(O)CCc1ccccc1)OCC. The minimum atomic E-state index is -3.21. The van der Waals surface area contributed by atoms with Crippen LogP contribution in [0.3, 0.4) is 0 Å². The Bertz CT molecular complexity index is 421. The Morgan fingerprint density at radius 3 is 2.20 bits per heavy atom. The molecule has 0 radical (unpaired) electrons. The van der Waals surface area contributed by atoms with Crippen molar-refractivity contribution in [1.29, 1.82) is 0 Å². The van der Waals surface area contributed by atoms with E-state index in [9.17, 15) is 9.67 Å². The van der Waals surface area contributed by atoms with Gasteiger partial charge in [-0.15, -0.1) is 0 Å². The normalized spacial score (nSPS) is 15.0. The van der Waals surface area contributed by atoms with Gasteiger partial charge in [0, 0.05) is 0 Å². The molecule has 0 aliphatic heterocycles. The molecule has 4 nitrogen and oxygen atoms in total. The van der Waals surface area contributed by atoms with Crippen LogP contribution in [-0.2, 0) is 20.0 Å². The third kappa shape index (κ3) is 6.19. The van der Waals surface area contributed by atoms with Gasteiger partial charge in [-0.2, -0.15) is 0 Å². The van der Waals surface area contributed by atoms with Gasteiger partial charge in [-0.25, -0.2) is 0 Å². The van der Waals surface area contributed by atoms with Gasteiger partial charge in [-0.1, -0.05) is 30.3 Å². The second-order valence-corrected chi connectivity index (χ2v) is 7.14. The van der Waals surface area contributed by atoms with E-state index in [1.165, 1.54) is 0 Å². The summed E-state index contributed by atoms with van der Waals surface area (Å²) in [6, 6.07) is 9.92. The molecule has 0 amide bonds. The van der Waals surface area contributed by atoms with Crippen LogP contribution in [0.15, 0.2) is 30.3 Å². The van der Waals surface area contributed by atoms with Crippen LogP contribution < -0.4 is 0 Å². The second-order valence-electron chi connectivity index (χ2n) is 5.09. The van der Waals surface area contributed by atoms with Gasteiger partial charge in [-0.3, -0.25) is 4.57 Å². The van der Waals surface area contributed by atoms with E-state index in [2.05, 4.69) is 0 Å². The van der Waals surface area contributed by atoms with Crippen molar-refractivity contribution in [3.63, 3.8) is 0 Å². The van der Waals surface area contributed by atoms with Crippen LogP contribution in [0, 0.1) is 0 Å². The Kier molecular flexibility index (Phi) is 6.90.